The number of rotatable bonds is 5. The van der Waals surface area contributed by atoms with Gasteiger partial charge in [-0.1, -0.05) is 12.6 Å². The largest absolute Gasteiger partial charge is 0.350 e. The van der Waals surface area contributed by atoms with Gasteiger partial charge < -0.3 is 15.5 Å². The molecule has 1 saturated heterocycles. The Kier molecular flexibility index (Phi) is 5.96. The number of nitrogens with zero attached hydrogens (tertiary/aromatic N) is 1. The van der Waals surface area contributed by atoms with Crippen molar-refractivity contribution < 1.29 is 14.4 Å². The highest BCUT2D eigenvalue weighted by atomic mass is 16.2. The lowest BCUT2D eigenvalue weighted by molar-refractivity contribution is -0.134. The lowest BCUT2D eigenvalue weighted by atomic mass is 10.1. The lowest BCUT2D eigenvalue weighted by Gasteiger charge is -2.26. The van der Waals surface area contributed by atoms with E-state index in [4.69, 9.17) is 0 Å². The highest BCUT2D eigenvalue weighted by Gasteiger charge is 2.37. The van der Waals surface area contributed by atoms with Crippen LogP contribution in [-0.4, -0.2) is 40.7 Å². The molecule has 1 aliphatic rings. The standard InChI is InChI=1S/C19H25N3O3/c1-5-17(23)22-13(4)9-10-16(22)19(25)21-15-8-6-7-14(11-15)18(24)20-12(2)3/h5-8,11-13,16H,1,9-10H2,2-4H3,(H,20,24)(H,21,25)/t13-,16-/m0/s1. The Morgan fingerprint density at radius 1 is 1.28 bits per heavy atom. The molecule has 2 rings (SSSR count). The van der Waals surface area contributed by atoms with E-state index in [0.717, 1.165) is 6.42 Å². The maximum absolute atomic E-state index is 12.6. The summed E-state index contributed by atoms with van der Waals surface area (Å²) >= 11 is 0. The number of hydrogen-bond donors (Lipinski definition) is 2. The van der Waals surface area contributed by atoms with E-state index in [1.165, 1.54) is 6.08 Å². The predicted octanol–water partition coefficient (Wildman–Crippen LogP) is 2.33. The minimum atomic E-state index is -0.520. The summed E-state index contributed by atoms with van der Waals surface area (Å²) in [4.78, 5) is 38.3. The molecule has 0 radical (unpaired) electrons. The molecule has 6 nitrogen and oxygen atoms in total. The van der Waals surface area contributed by atoms with E-state index >= 15 is 0 Å². The van der Waals surface area contributed by atoms with Crippen LogP contribution in [0.25, 0.3) is 0 Å². The first-order valence-corrected chi connectivity index (χ1v) is 8.50. The third kappa shape index (κ3) is 4.47. The van der Waals surface area contributed by atoms with E-state index in [1.54, 1.807) is 29.2 Å². The van der Waals surface area contributed by atoms with Gasteiger partial charge in [0.05, 0.1) is 0 Å². The maximum atomic E-state index is 12.6. The normalized spacial score (nSPS) is 19.6. The van der Waals surface area contributed by atoms with Crippen molar-refractivity contribution in [1.82, 2.24) is 10.2 Å². The van der Waals surface area contributed by atoms with Gasteiger partial charge in [-0.25, -0.2) is 0 Å². The zero-order valence-electron chi connectivity index (χ0n) is 14.9. The SMILES string of the molecule is C=CC(=O)N1[C@@H](C)CC[C@H]1C(=O)Nc1cccc(C(=O)NC(C)C)c1. The van der Waals surface area contributed by atoms with E-state index in [0.29, 0.717) is 17.7 Å². The Bertz CT molecular complexity index is 684. The molecule has 0 aliphatic carbocycles. The van der Waals surface area contributed by atoms with Crippen LogP contribution in [0.1, 0.15) is 44.0 Å². The summed E-state index contributed by atoms with van der Waals surface area (Å²) < 4.78 is 0. The molecular formula is C19H25N3O3. The minimum absolute atomic E-state index is 0.00408. The Hall–Kier alpha value is -2.63. The summed E-state index contributed by atoms with van der Waals surface area (Å²) in [5.74, 6) is -0.680. The Labute approximate surface area is 148 Å². The second-order valence-electron chi connectivity index (χ2n) is 6.59. The molecule has 6 heteroatoms. The zero-order chi connectivity index (χ0) is 18.6. The fourth-order valence-corrected chi connectivity index (χ4v) is 3.03. The third-order valence-electron chi connectivity index (χ3n) is 4.21. The first-order chi connectivity index (χ1) is 11.8. The van der Waals surface area contributed by atoms with Crippen molar-refractivity contribution in [3.63, 3.8) is 0 Å². The highest BCUT2D eigenvalue weighted by Crippen LogP contribution is 2.25. The van der Waals surface area contributed by atoms with Gasteiger partial charge in [-0.3, -0.25) is 14.4 Å². The topological polar surface area (TPSA) is 78.5 Å². The van der Waals surface area contributed by atoms with Gasteiger partial charge >= 0.3 is 0 Å². The van der Waals surface area contributed by atoms with E-state index in [9.17, 15) is 14.4 Å². The van der Waals surface area contributed by atoms with Crippen LogP contribution in [0.4, 0.5) is 5.69 Å². The lowest BCUT2D eigenvalue weighted by Crippen LogP contribution is -2.45. The molecule has 1 aliphatic heterocycles. The quantitative estimate of drug-likeness (QED) is 0.806. The maximum Gasteiger partial charge on any atom is 0.251 e. The Morgan fingerprint density at radius 2 is 2.00 bits per heavy atom. The van der Waals surface area contributed by atoms with Crippen LogP contribution in [0.5, 0.6) is 0 Å². The summed E-state index contributed by atoms with van der Waals surface area (Å²) in [6.45, 7) is 9.20. The molecule has 0 bridgehead atoms. The molecule has 25 heavy (non-hydrogen) atoms. The molecule has 1 fully saturated rings. The summed E-state index contributed by atoms with van der Waals surface area (Å²) in [5, 5.41) is 5.63. The first-order valence-electron chi connectivity index (χ1n) is 8.50. The molecule has 134 valence electrons. The highest BCUT2D eigenvalue weighted by molar-refractivity contribution is 6.01. The number of amides is 3. The van der Waals surface area contributed by atoms with E-state index in [2.05, 4.69) is 17.2 Å². The fourth-order valence-electron chi connectivity index (χ4n) is 3.03. The van der Waals surface area contributed by atoms with Crippen LogP contribution in [0.3, 0.4) is 0 Å². The van der Waals surface area contributed by atoms with Crippen molar-refractivity contribution >= 4 is 23.4 Å². The summed E-state index contributed by atoms with van der Waals surface area (Å²) in [5.41, 5.74) is 1.01. The van der Waals surface area contributed by atoms with Crippen molar-refractivity contribution in [2.45, 2.75) is 51.7 Å². The summed E-state index contributed by atoms with van der Waals surface area (Å²) in [6.07, 6.45) is 2.62. The Morgan fingerprint density at radius 3 is 2.64 bits per heavy atom. The number of anilines is 1. The van der Waals surface area contributed by atoms with Crippen molar-refractivity contribution in [3.05, 3.63) is 42.5 Å². The average Bonchev–Trinajstić information content (AvgIpc) is 2.95. The second-order valence-corrected chi connectivity index (χ2v) is 6.59. The molecule has 2 atom stereocenters. The van der Waals surface area contributed by atoms with Gasteiger partial charge in [-0.15, -0.1) is 0 Å². The van der Waals surface area contributed by atoms with Crippen LogP contribution in [0.15, 0.2) is 36.9 Å². The number of carbonyl (C=O) groups excluding carboxylic acids is 3. The van der Waals surface area contributed by atoms with Gasteiger partial charge in [-0.2, -0.15) is 0 Å². The summed E-state index contributed by atoms with van der Waals surface area (Å²) in [6, 6.07) is 6.28. The van der Waals surface area contributed by atoms with Crippen LogP contribution in [0.2, 0.25) is 0 Å². The van der Waals surface area contributed by atoms with Crippen molar-refractivity contribution in [3.8, 4) is 0 Å². The molecule has 0 spiro atoms. The molecule has 3 amide bonds. The van der Waals surface area contributed by atoms with Gasteiger partial charge in [0.15, 0.2) is 0 Å². The number of likely N-dealkylation sites (tertiary alicyclic amines) is 1. The van der Waals surface area contributed by atoms with E-state index in [1.807, 2.05) is 20.8 Å². The molecule has 1 heterocycles. The predicted molar refractivity (Wildman–Crippen MR) is 97.2 cm³/mol. The summed E-state index contributed by atoms with van der Waals surface area (Å²) in [7, 11) is 0. The monoisotopic (exact) mass is 343 g/mol. The van der Waals surface area contributed by atoms with Gasteiger partial charge in [0.25, 0.3) is 5.91 Å². The van der Waals surface area contributed by atoms with Crippen molar-refractivity contribution in [2.24, 2.45) is 0 Å². The minimum Gasteiger partial charge on any atom is -0.350 e. The van der Waals surface area contributed by atoms with Gasteiger partial charge in [0, 0.05) is 23.3 Å². The number of nitrogens with one attached hydrogen (secondary N) is 2. The van der Waals surface area contributed by atoms with Crippen LogP contribution in [0, 0.1) is 0 Å². The third-order valence-corrected chi connectivity index (χ3v) is 4.21. The molecule has 1 aromatic carbocycles. The fraction of sp³-hybridized carbons (Fsp3) is 0.421. The number of benzene rings is 1. The molecule has 0 saturated carbocycles. The molecular weight excluding hydrogens is 318 g/mol. The Balaban J connectivity index is 2.11. The van der Waals surface area contributed by atoms with Crippen LogP contribution < -0.4 is 10.6 Å². The zero-order valence-corrected chi connectivity index (χ0v) is 14.9. The first kappa shape index (κ1) is 18.7. The molecule has 0 unspecified atom stereocenters. The van der Waals surface area contributed by atoms with Gasteiger partial charge in [0.2, 0.25) is 11.8 Å². The molecule has 0 aromatic heterocycles. The van der Waals surface area contributed by atoms with Crippen molar-refractivity contribution in [2.75, 3.05) is 5.32 Å². The van der Waals surface area contributed by atoms with E-state index < -0.39 is 6.04 Å². The number of hydrogen-bond acceptors (Lipinski definition) is 3. The average molecular weight is 343 g/mol. The van der Waals surface area contributed by atoms with E-state index in [-0.39, 0.29) is 29.8 Å². The number of carbonyl (C=O) groups is 3. The molecule has 2 N–H and O–H groups in total. The van der Waals surface area contributed by atoms with Gasteiger partial charge in [0.1, 0.15) is 6.04 Å². The van der Waals surface area contributed by atoms with Crippen LogP contribution >= 0.6 is 0 Å². The molecule has 1 aromatic rings. The van der Waals surface area contributed by atoms with Crippen molar-refractivity contribution in [1.29, 1.82) is 0 Å². The smallest absolute Gasteiger partial charge is 0.251 e. The van der Waals surface area contributed by atoms with Gasteiger partial charge in [-0.05, 0) is 57.9 Å². The van der Waals surface area contributed by atoms with Crippen LogP contribution in [-0.2, 0) is 9.59 Å². The second kappa shape index (κ2) is 7.96.